The Morgan fingerprint density at radius 3 is 2.89 bits per heavy atom. The molecule has 19 heavy (non-hydrogen) atoms. The number of imidazole rings is 1. The maximum absolute atomic E-state index is 10.9. The minimum absolute atomic E-state index is 0.239. The van der Waals surface area contributed by atoms with Crippen LogP contribution in [0.15, 0.2) is 12.4 Å². The van der Waals surface area contributed by atoms with Gasteiger partial charge in [0.1, 0.15) is 5.82 Å². The molecule has 1 amide bonds. The van der Waals surface area contributed by atoms with Crippen molar-refractivity contribution < 1.29 is 4.79 Å². The maximum atomic E-state index is 10.9. The standard InChI is InChI=1S/C13H23N5O/c1-2-18-8-5-15-13(18)9-16-11-3-6-17(7-4-11)10-12(14)19/h5,8,11,16H,2-4,6-7,9-10H2,1H3,(H2,14,19). The van der Waals surface area contributed by atoms with Crippen molar-refractivity contribution in [2.75, 3.05) is 19.6 Å². The van der Waals surface area contributed by atoms with Crippen LogP contribution >= 0.6 is 0 Å². The van der Waals surface area contributed by atoms with Crippen LogP contribution in [-0.2, 0) is 17.9 Å². The second kappa shape index (κ2) is 6.68. The Kier molecular flexibility index (Phi) is 4.93. The zero-order chi connectivity index (χ0) is 13.7. The summed E-state index contributed by atoms with van der Waals surface area (Å²) in [6.07, 6.45) is 5.96. The first kappa shape index (κ1) is 14.0. The van der Waals surface area contributed by atoms with Crippen molar-refractivity contribution >= 4 is 5.91 Å². The van der Waals surface area contributed by atoms with Crippen LogP contribution in [-0.4, -0.2) is 46.0 Å². The number of nitrogens with zero attached hydrogens (tertiary/aromatic N) is 3. The normalized spacial score (nSPS) is 17.7. The molecule has 1 aromatic heterocycles. The van der Waals surface area contributed by atoms with Gasteiger partial charge in [0.05, 0.1) is 13.1 Å². The minimum Gasteiger partial charge on any atom is -0.369 e. The Morgan fingerprint density at radius 1 is 1.53 bits per heavy atom. The first-order chi connectivity index (χ1) is 9.19. The Labute approximate surface area is 114 Å². The molecule has 0 aromatic carbocycles. The van der Waals surface area contributed by atoms with Crippen molar-refractivity contribution in [3.8, 4) is 0 Å². The molecular formula is C13H23N5O. The molecule has 2 rings (SSSR count). The van der Waals surface area contributed by atoms with Gasteiger partial charge in [-0.1, -0.05) is 0 Å². The van der Waals surface area contributed by atoms with Crippen LogP contribution in [0.4, 0.5) is 0 Å². The fraction of sp³-hybridized carbons (Fsp3) is 0.692. The number of hydrogen-bond acceptors (Lipinski definition) is 4. The molecule has 0 atom stereocenters. The summed E-state index contributed by atoms with van der Waals surface area (Å²) >= 11 is 0. The van der Waals surface area contributed by atoms with E-state index in [0.717, 1.165) is 44.8 Å². The van der Waals surface area contributed by atoms with Gasteiger partial charge < -0.3 is 15.6 Å². The fourth-order valence-electron chi connectivity index (χ4n) is 2.55. The van der Waals surface area contributed by atoms with Gasteiger partial charge in [0.25, 0.3) is 0 Å². The molecule has 1 fully saturated rings. The molecule has 1 aromatic rings. The number of likely N-dealkylation sites (tertiary alicyclic amines) is 1. The van der Waals surface area contributed by atoms with Gasteiger partial charge >= 0.3 is 0 Å². The molecule has 0 saturated carbocycles. The highest BCUT2D eigenvalue weighted by Gasteiger charge is 2.19. The van der Waals surface area contributed by atoms with Gasteiger partial charge in [-0.25, -0.2) is 4.98 Å². The number of aryl methyl sites for hydroxylation is 1. The summed E-state index contributed by atoms with van der Waals surface area (Å²) < 4.78 is 2.15. The zero-order valence-electron chi connectivity index (χ0n) is 11.5. The predicted octanol–water partition coefficient (Wildman–Crippen LogP) is -0.0577. The summed E-state index contributed by atoms with van der Waals surface area (Å²) in [6.45, 7) is 6.13. The van der Waals surface area contributed by atoms with E-state index >= 15 is 0 Å². The third-order valence-electron chi connectivity index (χ3n) is 3.66. The van der Waals surface area contributed by atoms with Gasteiger partial charge in [0.2, 0.25) is 5.91 Å². The van der Waals surface area contributed by atoms with Crippen LogP contribution in [0.25, 0.3) is 0 Å². The summed E-state index contributed by atoms with van der Waals surface area (Å²) in [5.74, 6) is 0.846. The molecule has 6 nitrogen and oxygen atoms in total. The molecule has 0 aliphatic carbocycles. The van der Waals surface area contributed by atoms with Gasteiger partial charge in [0.15, 0.2) is 0 Å². The lowest BCUT2D eigenvalue weighted by molar-refractivity contribution is -0.119. The first-order valence-electron chi connectivity index (χ1n) is 6.93. The van der Waals surface area contributed by atoms with E-state index in [1.165, 1.54) is 0 Å². The average Bonchev–Trinajstić information content (AvgIpc) is 2.84. The molecule has 1 saturated heterocycles. The highest BCUT2D eigenvalue weighted by molar-refractivity contribution is 5.75. The number of carbonyl (C=O) groups excluding carboxylic acids is 1. The molecule has 3 N–H and O–H groups in total. The second-order valence-electron chi connectivity index (χ2n) is 5.03. The van der Waals surface area contributed by atoms with Crippen LogP contribution in [0.5, 0.6) is 0 Å². The van der Waals surface area contributed by atoms with E-state index in [-0.39, 0.29) is 5.91 Å². The van der Waals surface area contributed by atoms with Crippen molar-refractivity contribution in [3.05, 3.63) is 18.2 Å². The highest BCUT2D eigenvalue weighted by atomic mass is 16.1. The summed E-state index contributed by atoms with van der Waals surface area (Å²) in [4.78, 5) is 17.3. The number of nitrogens with two attached hydrogens (primary N) is 1. The van der Waals surface area contributed by atoms with E-state index in [1.54, 1.807) is 0 Å². The molecule has 0 spiro atoms. The Hall–Kier alpha value is -1.40. The van der Waals surface area contributed by atoms with Crippen LogP contribution in [0.1, 0.15) is 25.6 Å². The van der Waals surface area contributed by atoms with Crippen molar-refractivity contribution in [1.29, 1.82) is 0 Å². The van der Waals surface area contributed by atoms with Crippen LogP contribution in [0, 0.1) is 0 Å². The number of hydrogen-bond donors (Lipinski definition) is 2. The largest absolute Gasteiger partial charge is 0.369 e. The quantitative estimate of drug-likeness (QED) is 0.755. The maximum Gasteiger partial charge on any atom is 0.231 e. The van der Waals surface area contributed by atoms with Gasteiger partial charge in [-0.2, -0.15) is 0 Å². The minimum atomic E-state index is -0.239. The Bertz CT molecular complexity index is 409. The van der Waals surface area contributed by atoms with E-state index in [2.05, 4.69) is 26.7 Å². The number of nitrogens with one attached hydrogen (secondary N) is 1. The van der Waals surface area contributed by atoms with Crippen molar-refractivity contribution in [2.24, 2.45) is 5.73 Å². The van der Waals surface area contributed by atoms with E-state index in [4.69, 9.17) is 5.73 Å². The fourth-order valence-corrected chi connectivity index (χ4v) is 2.55. The summed E-state index contributed by atoms with van der Waals surface area (Å²) in [7, 11) is 0. The lowest BCUT2D eigenvalue weighted by atomic mass is 10.1. The van der Waals surface area contributed by atoms with Crippen LogP contribution in [0.3, 0.4) is 0 Å². The summed E-state index contributed by atoms with van der Waals surface area (Å²) in [5.41, 5.74) is 5.21. The molecule has 0 unspecified atom stereocenters. The SMILES string of the molecule is CCn1ccnc1CNC1CCN(CC(N)=O)CC1. The topological polar surface area (TPSA) is 76.2 Å². The van der Waals surface area contributed by atoms with E-state index in [1.807, 2.05) is 12.4 Å². The lowest BCUT2D eigenvalue weighted by Gasteiger charge is -2.31. The highest BCUT2D eigenvalue weighted by Crippen LogP contribution is 2.10. The molecule has 1 aliphatic heterocycles. The van der Waals surface area contributed by atoms with Crippen molar-refractivity contribution in [3.63, 3.8) is 0 Å². The van der Waals surface area contributed by atoms with Gasteiger partial charge in [-0.3, -0.25) is 9.69 Å². The molecule has 1 aliphatic rings. The zero-order valence-corrected chi connectivity index (χ0v) is 11.5. The molecule has 0 bridgehead atoms. The molecule has 6 heteroatoms. The number of primary amides is 1. The number of carbonyl (C=O) groups is 1. The monoisotopic (exact) mass is 265 g/mol. The van der Waals surface area contributed by atoms with Gasteiger partial charge in [0, 0.05) is 38.1 Å². The van der Waals surface area contributed by atoms with E-state index in [0.29, 0.717) is 12.6 Å². The van der Waals surface area contributed by atoms with Crippen molar-refractivity contribution in [2.45, 2.75) is 38.9 Å². The van der Waals surface area contributed by atoms with Gasteiger partial charge in [-0.05, 0) is 19.8 Å². The lowest BCUT2D eigenvalue weighted by Crippen LogP contribution is -2.45. The van der Waals surface area contributed by atoms with Crippen molar-refractivity contribution in [1.82, 2.24) is 19.8 Å². The number of amides is 1. The Balaban J connectivity index is 1.72. The summed E-state index contributed by atoms with van der Waals surface area (Å²) in [5, 5.41) is 3.55. The van der Waals surface area contributed by atoms with E-state index in [9.17, 15) is 4.79 Å². The number of rotatable bonds is 6. The van der Waals surface area contributed by atoms with Crippen LogP contribution < -0.4 is 11.1 Å². The molecule has 2 heterocycles. The smallest absolute Gasteiger partial charge is 0.231 e. The number of aromatic nitrogens is 2. The summed E-state index contributed by atoms with van der Waals surface area (Å²) in [6, 6.07) is 0.506. The van der Waals surface area contributed by atoms with Crippen LogP contribution in [0.2, 0.25) is 0 Å². The third-order valence-corrected chi connectivity index (χ3v) is 3.66. The average molecular weight is 265 g/mol. The first-order valence-corrected chi connectivity index (χ1v) is 6.93. The number of piperidine rings is 1. The Morgan fingerprint density at radius 2 is 2.26 bits per heavy atom. The third kappa shape index (κ3) is 4.04. The van der Waals surface area contributed by atoms with Gasteiger partial charge in [-0.15, -0.1) is 0 Å². The molecule has 106 valence electrons. The predicted molar refractivity (Wildman–Crippen MR) is 73.4 cm³/mol. The second-order valence-corrected chi connectivity index (χ2v) is 5.03. The molecular weight excluding hydrogens is 242 g/mol. The van der Waals surface area contributed by atoms with E-state index < -0.39 is 0 Å². The molecule has 0 radical (unpaired) electrons.